The maximum absolute atomic E-state index is 8.80. The monoisotopic (exact) mass is 301 g/mol. The Balaban J connectivity index is 0.000000220. The fourth-order valence-corrected chi connectivity index (χ4v) is 2.06. The van der Waals surface area contributed by atoms with E-state index in [2.05, 4.69) is 12.1 Å². The molecule has 2 rings (SSSR count). The van der Waals surface area contributed by atoms with E-state index in [4.69, 9.17) is 15.9 Å². The van der Waals surface area contributed by atoms with E-state index in [1.807, 2.05) is 55.5 Å². The van der Waals surface area contributed by atoms with Gasteiger partial charge in [-0.25, -0.2) is 0 Å². The molecule has 2 atom stereocenters. The zero-order chi connectivity index (χ0) is 16.2. The average molecular weight is 301 g/mol. The highest BCUT2D eigenvalue weighted by atomic mass is 16.3. The van der Waals surface area contributed by atoms with Crippen LogP contribution in [0.1, 0.15) is 18.1 Å². The second kappa shape index (κ2) is 11.0. The van der Waals surface area contributed by atoms with Crippen molar-refractivity contribution >= 4 is 0 Å². The number of hydrogen-bond acceptors (Lipinski definition) is 3. The van der Waals surface area contributed by atoms with E-state index in [-0.39, 0.29) is 19.3 Å². The summed E-state index contributed by atoms with van der Waals surface area (Å²) in [5.41, 5.74) is 8.03. The van der Waals surface area contributed by atoms with Crippen LogP contribution in [0.5, 0.6) is 0 Å². The minimum absolute atomic E-state index is 0.0505. The highest BCUT2D eigenvalue weighted by Crippen LogP contribution is 2.06. The Morgan fingerprint density at radius 2 is 1.23 bits per heavy atom. The van der Waals surface area contributed by atoms with E-state index in [1.54, 1.807) is 0 Å². The fraction of sp³-hybridized carbons (Fsp3) is 0.368. The Bertz CT molecular complexity index is 440. The molecule has 3 heteroatoms. The largest absolute Gasteiger partial charge is 0.396 e. The molecule has 3 nitrogen and oxygen atoms in total. The molecular weight excluding hydrogens is 274 g/mol. The Morgan fingerprint density at radius 3 is 1.64 bits per heavy atom. The zero-order valence-electron chi connectivity index (χ0n) is 13.2. The van der Waals surface area contributed by atoms with Crippen molar-refractivity contribution in [1.29, 1.82) is 0 Å². The molecule has 2 aromatic carbocycles. The average Bonchev–Trinajstić information content (AvgIpc) is 2.57. The van der Waals surface area contributed by atoms with Crippen LogP contribution in [-0.2, 0) is 12.8 Å². The van der Waals surface area contributed by atoms with Gasteiger partial charge in [-0.2, -0.15) is 0 Å². The van der Waals surface area contributed by atoms with Gasteiger partial charge < -0.3 is 15.9 Å². The van der Waals surface area contributed by atoms with Crippen molar-refractivity contribution in [3.05, 3.63) is 71.8 Å². The number of nitrogens with two attached hydrogens (primary N) is 1. The van der Waals surface area contributed by atoms with Gasteiger partial charge in [-0.3, -0.25) is 0 Å². The summed E-state index contributed by atoms with van der Waals surface area (Å²) in [6.07, 6.45) is 1.72. The molecule has 0 aliphatic carbocycles. The molecule has 0 aromatic heterocycles. The first-order valence-corrected chi connectivity index (χ1v) is 7.70. The first-order chi connectivity index (χ1) is 10.7. The Kier molecular flexibility index (Phi) is 9.15. The van der Waals surface area contributed by atoms with Crippen LogP contribution in [0.2, 0.25) is 0 Å². The second-order valence-electron chi connectivity index (χ2n) is 5.61. The molecule has 120 valence electrons. The highest BCUT2D eigenvalue weighted by molar-refractivity contribution is 5.16. The van der Waals surface area contributed by atoms with Gasteiger partial charge in [0.2, 0.25) is 0 Å². The zero-order valence-corrected chi connectivity index (χ0v) is 13.2. The molecule has 0 amide bonds. The normalized spacial score (nSPS) is 12.9. The first-order valence-electron chi connectivity index (χ1n) is 7.70. The van der Waals surface area contributed by atoms with Gasteiger partial charge in [-0.1, -0.05) is 67.6 Å². The van der Waals surface area contributed by atoms with E-state index >= 15 is 0 Å². The molecule has 0 saturated heterocycles. The van der Waals surface area contributed by atoms with Gasteiger partial charge in [0.05, 0.1) is 6.61 Å². The van der Waals surface area contributed by atoms with Gasteiger partial charge in [0, 0.05) is 12.6 Å². The fourth-order valence-electron chi connectivity index (χ4n) is 2.06. The molecule has 0 heterocycles. The van der Waals surface area contributed by atoms with Crippen molar-refractivity contribution < 1.29 is 10.2 Å². The lowest BCUT2D eigenvalue weighted by atomic mass is 10.0. The smallest absolute Gasteiger partial charge is 0.0585 e. The second-order valence-corrected chi connectivity index (χ2v) is 5.61. The van der Waals surface area contributed by atoms with Crippen LogP contribution in [0.25, 0.3) is 0 Å². The number of rotatable bonds is 6. The van der Waals surface area contributed by atoms with Gasteiger partial charge in [0.25, 0.3) is 0 Å². The third kappa shape index (κ3) is 7.93. The lowest BCUT2D eigenvalue weighted by molar-refractivity contribution is 0.237. The third-order valence-electron chi connectivity index (χ3n) is 3.31. The van der Waals surface area contributed by atoms with E-state index < -0.39 is 0 Å². The molecule has 0 fully saturated rings. The standard InChI is InChI=1S/C10H14O.C9H13NO/c1-9(8-11)7-10-5-3-2-4-6-10;10-9(7-11)6-8-4-2-1-3-5-8/h2-6,9,11H,7-8H2,1H3;1-5,9,11H,6-7,10H2/t2*9-/m00/s1. The van der Waals surface area contributed by atoms with Crippen LogP contribution in [0.4, 0.5) is 0 Å². The topological polar surface area (TPSA) is 66.5 Å². The number of aliphatic hydroxyl groups is 2. The van der Waals surface area contributed by atoms with Gasteiger partial charge >= 0.3 is 0 Å². The molecular formula is C19H27NO2. The molecule has 4 N–H and O–H groups in total. The summed E-state index contributed by atoms with van der Waals surface area (Å²) < 4.78 is 0. The first kappa shape index (κ1) is 18.4. The lowest BCUT2D eigenvalue weighted by Gasteiger charge is -2.06. The van der Waals surface area contributed by atoms with E-state index in [0.29, 0.717) is 5.92 Å². The molecule has 0 aliphatic rings. The number of aliphatic hydroxyl groups excluding tert-OH is 2. The Hall–Kier alpha value is -1.68. The number of hydrogen-bond donors (Lipinski definition) is 3. The Morgan fingerprint density at radius 1 is 0.773 bits per heavy atom. The SMILES string of the molecule is C[C@H](CO)Cc1ccccc1.N[C@H](CO)Cc1ccccc1. The quantitative estimate of drug-likeness (QED) is 0.767. The van der Waals surface area contributed by atoms with Gasteiger partial charge in [0.1, 0.15) is 0 Å². The van der Waals surface area contributed by atoms with Crippen LogP contribution in [-0.4, -0.2) is 29.5 Å². The van der Waals surface area contributed by atoms with Crippen molar-refractivity contribution in [2.24, 2.45) is 11.7 Å². The van der Waals surface area contributed by atoms with Crippen LogP contribution in [0, 0.1) is 5.92 Å². The summed E-state index contributed by atoms with van der Waals surface area (Å²) in [4.78, 5) is 0. The van der Waals surface area contributed by atoms with Crippen molar-refractivity contribution in [1.82, 2.24) is 0 Å². The lowest BCUT2D eigenvalue weighted by Crippen LogP contribution is -2.26. The van der Waals surface area contributed by atoms with Crippen molar-refractivity contribution in [3.8, 4) is 0 Å². The summed E-state index contributed by atoms with van der Waals surface area (Å²) in [6, 6.07) is 20.0. The summed E-state index contributed by atoms with van der Waals surface area (Å²) in [5.74, 6) is 0.373. The predicted molar refractivity (Wildman–Crippen MR) is 91.6 cm³/mol. The minimum atomic E-state index is -0.127. The number of benzene rings is 2. The van der Waals surface area contributed by atoms with Crippen LogP contribution in [0.3, 0.4) is 0 Å². The van der Waals surface area contributed by atoms with E-state index in [1.165, 1.54) is 11.1 Å². The molecule has 0 radical (unpaired) electrons. The van der Waals surface area contributed by atoms with Crippen molar-refractivity contribution in [2.45, 2.75) is 25.8 Å². The van der Waals surface area contributed by atoms with Crippen LogP contribution >= 0.6 is 0 Å². The van der Waals surface area contributed by atoms with E-state index in [9.17, 15) is 0 Å². The predicted octanol–water partition coefficient (Wildman–Crippen LogP) is 2.41. The molecule has 2 aromatic rings. The maximum atomic E-state index is 8.80. The maximum Gasteiger partial charge on any atom is 0.0585 e. The minimum Gasteiger partial charge on any atom is -0.396 e. The highest BCUT2D eigenvalue weighted by Gasteiger charge is 2.00. The van der Waals surface area contributed by atoms with Crippen molar-refractivity contribution in [2.75, 3.05) is 13.2 Å². The van der Waals surface area contributed by atoms with Crippen LogP contribution < -0.4 is 5.73 Å². The molecule has 0 aliphatic heterocycles. The van der Waals surface area contributed by atoms with Gasteiger partial charge in [-0.05, 0) is 29.9 Å². The molecule has 22 heavy (non-hydrogen) atoms. The molecule has 0 unspecified atom stereocenters. The van der Waals surface area contributed by atoms with E-state index in [0.717, 1.165) is 12.8 Å². The molecule has 0 saturated carbocycles. The third-order valence-corrected chi connectivity index (χ3v) is 3.31. The van der Waals surface area contributed by atoms with Crippen molar-refractivity contribution in [3.63, 3.8) is 0 Å². The van der Waals surface area contributed by atoms with Gasteiger partial charge in [-0.15, -0.1) is 0 Å². The van der Waals surface area contributed by atoms with Gasteiger partial charge in [0.15, 0.2) is 0 Å². The summed E-state index contributed by atoms with van der Waals surface area (Å²) in [5, 5.41) is 17.5. The summed E-state index contributed by atoms with van der Waals surface area (Å²) in [6.45, 7) is 2.37. The molecule has 0 spiro atoms. The molecule has 0 bridgehead atoms. The summed E-state index contributed by atoms with van der Waals surface area (Å²) in [7, 11) is 0. The van der Waals surface area contributed by atoms with Crippen LogP contribution in [0.15, 0.2) is 60.7 Å². The Labute approximate surface area is 133 Å². The summed E-state index contributed by atoms with van der Waals surface area (Å²) >= 11 is 0.